The van der Waals surface area contributed by atoms with Gasteiger partial charge in [-0.2, -0.15) is 0 Å². The maximum Gasteiger partial charge on any atom is 0.226 e. The largest absolute Gasteiger partial charge is 0.497 e. The van der Waals surface area contributed by atoms with Crippen LogP contribution in [0.25, 0.3) is 0 Å². The van der Waals surface area contributed by atoms with Crippen LogP contribution in [-0.4, -0.2) is 53.3 Å². The molecule has 1 spiro atoms. The lowest BCUT2D eigenvalue weighted by Crippen LogP contribution is -2.56. The zero-order chi connectivity index (χ0) is 21.6. The third-order valence-electron chi connectivity index (χ3n) is 5.99. The van der Waals surface area contributed by atoms with Crippen LogP contribution in [0.15, 0.2) is 60.6 Å². The first-order valence-electron chi connectivity index (χ1n) is 10.5. The minimum absolute atomic E-state index is 0.166. The molecule has 1 unspecified atom stereocenters. The second-order valence-corrected chi connectivity index (χ2v) is 9.09. The molecule has 2 aliphatic heterocycles. The number of alkyl halides is 1. The number of hydrogen-bond donors (Lipinski definition) is 1. The van der Waals surface area contributed by atoms with Gasteiger partial charge >= 0.3 is 0 Å². The molecule has 1 aromatic carbocycles. The van der Waals surface area contributed by atoms with E-state index in [1.54, 1.807) is 7.11 Å². The van der Waals surface area contributed by atoms with Crippen molar-refractivity contribution in [1.82, 2.24) is 15.1 Å². The zero-order valence-electron chi connectivity index (χ0n) is 18.1. The van der Waals surface area contributed by atoms with E-state index >= 15 is 0 Å². The standard InChI is InChI=1S/C24H32BrN3O2/c1-4-22-24(26-14-5-6-20(25)11-15-27(22)2)12-16-28(17-13-24)23(29)18-19-7-9-21(30-3)10-8-19/h4-5,7-11,14-15,20,26H,6,12-13,16-18H2,1-3H3/b14-5+,15-11+,22-4-. The number of nitrogens with zero attached hydrogens (tertiary/aromatic N) is 2. The van der Waals surface area contributed by atoms with Crippen LogP contribution in [0.3, 0.4) is 0 Å². The van der Waals surface area contributed by atoms with Gasteiger partial charge < -0.3 is 19.9 Å². The van der Waals surface area contributed by atoms with Gasteiger partial charge in [0.05, 0.1) is 19.1 Å². The number of likely N-dealkylation sites (tertiary alicyclic amines) is 1. The summed E-state index contributed by atoms with van der Waals surface area (Å²) in [6.07, 6.45) is 13.9. The highest BCUT2D eigenvalue weighted by atomic mass is 79.9. The predicted octanol–water partition coefficient (Wildman–Crippen LogP) is 4.22. The number of carbonyl (C=O) groups excluding carboxylic acids is 1. The summed E-state index contributed by atoms with van der Waals surface area (Å²) in [4.78, 5) is 17.4. The van der Waals surface area contributed by atoms with E-state index in [1.807, 2.05) is 29.2 Å². The molecule has 6 heteroatoms. The van der Waals surface area contributed by atoms with Crippen molar-refractivity contribution in [2.75, 3.05) is 27.2 Å². The second-order valence-electron chi connectivity index (χ2n) is 7.91. The summed E-state index contributed by atoms with van der Waals surface area (Å²) in [6.45, 7) is 3.57. The van der Waals surface area contributed by atoms with Crippen LogP contribution in [0.1, 0.15) is 31.7 Å². The monoisotopic (exact) mass is 473 g/mol. The molecule has 1 fully saturated rings. The quantitative estimate of drug-likeness (QED) is 0.667. The van der Waals surface area contributed by atoms with Crippen molar-refractivity contribution in [2.24, 2.45) is 0 Å². The molecule has 1 aromatic rings. The van der Waals surface area contributed by atoms with Crippen molar-refractivity contribution in [2.45, 2.75) is 43.0 Å². The van der Waals surface area contributed by atoms with Crippen molar-refractivity contribution in [3.05, 3.63) is 66.2 Å². The van der Waals surface area contributed by atoms with Gasteiger partial charge in [-0.15, -0.1) is 0 Å². The van der Waals surface area contributed by atoms with Crippen LogP contribution in [0, 0.1) is 0 Å². The second kappa shape index (κ2) is 10.2. The van der Waals surface area contributed by atoms with Gasteiger partial charge in [-0.25, -0.2) is 0 Å². The maximum atomic E-state index is 12.9. The summed E-state index contributed by atoms with van der Waals surface area (Å²) < 4.78 is 5.20. The molecule has 2 aliphatic rings. The number of ether oxygens (including phenoxy) is 1. The molecule has 30 heavy (non-hydrogen) atoms. The van der Waals surface area contributed by atoms with E-state index in [1.165, 1.54) is 5.70 Å². The van der Waals surface area contributed by atoms with Gasteiger partial charge in [0.25, 0.3) is 0 Å². The molecule has 1 N–H and O–H groups in total. The highest BCUT2D eigenvalue weighted by molar-refractivity contribution is 9.09. The van der Waals surface area contributed by atoms with E-state index in [0.29, 0.717) is 11.2 Å². The fourth-order valence-electron chi connectivity index (χ4n) is 4.26. The highest BCUT2D eigenvalue weighted by Crippen LogP contribution is 2.33. The number of nitrogens with one attached hydrogen (secondary N) is 1. The van der Waals surface area contributed by atoms with Gasteiger partial charge in [-0.3, -0.25) is 4.79 Å². The summed E-state index contributed by atoms with van der Waals surface area (Å²) in [5.41, 5.74) is 2.09. The van der Waals surface area contributed by atoms with E-state index in [0.717, 1.165) is 43.7 Å². The number of carbonyl (C=O) groups is 1. The van der Waals surface area contributed by atoms with Gasteiger partial charge in [-0.1, -0.05) is 46.3 Å². The van der Waals surface area contributed by atoms with E-state index in [-0.39, 0.29) is 11.4 Å². The Morgan fingerprint density at radius 3 is 2.63 bits per heavy atom. The SMILES string of the molecule is C/C=C1\N(C)/C=C/C(Br)C/C=C/NC12CCN(C(=O)Cc1ccc(OC)cc1)CC2. The fraction of sp³-hybridized carbons (Fsp3) is 0.458. The molecule has 5 nitrogen and oxygen atoms in total. The summed E-state index contributed by atoms with van der Waals surface area (Å²) in [5, 5.41) is 3.68. The molecule has 1 amide bonds. The Balaban J connectivity index is 1.68. The molecule has 162 valence electrons. The number of piperidine rings is 1. The Labute approximate surface area is 188 Å². The van der Waals surface area contributed by atoms with Crippen molar-refractivity contribution in [3.63, 3.8) is 0 Å². The molecule has 2 heterocycles. The van der Waals surface area contributed by atoms with Gasteiger partial charge in [-0.05, 0) is 50.1 Å². The first-order valence-corrected chi connectivity index (χ1v) is 11.4. The molecule has 0 radical (unpaired) electrons. The zero-order valence-corrected chi connectivity index (χ0v) is 19.7. The molecule has 1 saturated heterocycles. The average molecular weight is 474 g/mol. The van der Waals surface area contributed by atoms with E-state index in [2.05, 4.69) is 70.7 Å². The minimum Gasteiger partial charge on any atom is -0.497 e. The molecule has 1 atom stereocenters. The van der Waals surface area contributed by atoms with Crippen LogP contribution in [0.5, 0.6) is 5.75 Å². The number of likely N-dealkylation sites (N-methyl/N-ethyl adjacent to an activating group) is 1. The number of allylic oxidation sites excluding steroid dienone is 3. The van der Waals surface area contributed by atoms with Gasteiger partial charge in [0, 0.05) is 36.9 Å². The van der Waals surface area contributed by atoms with Crippen LogP contribution >= 0.6 is 15.9 Å². The summed E-state index contributed by atoms with van der Waals surface area (Å²) in [5.74, 6) is 0.993. The van der Waals surface area contributed by atoms with Gasteiger partial charge in [0.1, 0.15) is 5.75 Å². The number of halogens is 1. The Hall–Kier alpha value is -2.21. The number of hydrogen-bond acceptors (Lipinski definition) is 4. The summed E-state index contributed by atoms with van der Waals surface area (Å²) >= 11 is 3.69. The van der Waals surface area contributed by atoms with E-state index in [4.69, 9.17) is 4.74 Å². The van der Waals surface area contributed by atoms with Gasteiger partial charge in [0.15, 0.2) is 0 Å². The fourth-order valence-corrected chi connectivity index (χ4v) is 4.61. The van der Waals surface area contributed by atoms with Crippen molar-refractivity contribution >= 4 is 21.8 Å². The molecular formula is C24H32BrN3O2. The number of rotatable bonds is 3. The van der Waals surface area contributed by atoms with Crippen molar-refractivity contribution in [3.8, 4) is 5.75 Å². The maximum absolute atomic E-state index is 12.9. The highest BCUT2D eigenvalue weighted by Gasteiger charge is 2.39. The lowest BCUT2D eigenvalue weighted by Gasteiger charge is -2.46. The van der Waals surface area contributed by atoms with E-state index in [9.17, 15) is 4.79 Å². The van der Waals surface area contributed by atoms with Gasteiger partial charge in [0.2, 0.25) is 5.91 Å². The van der Waals surface area contributed by atoms with Crippen molar-refractivity contribution < 1.29 is 9.53 Å². The smallest absolute Gasteiger partial charge is 0.226 e. The first-order chi connectivity index (χ1) is 14.5. The number of amides is 1. The average Bonchev–Trinajstić information content (AvgIpc) is 2.76. The topological polar surface area (TPSA) is 44.8 Å². The lowest BCUT2D eigenvalue weighted by molar-refractivity contribution is -0.132. The summed E-state index contributed by atoms with van der Waals surface area (Å²) in [7, 11) is 3.75. The van der Waals surface area contributed by atoms with Crippen LogP contribution in [-0.2, 0) is 11.2 Å². The molecule has 0 bridgehead atoms. The number of benzene rings is 1. The Bertz CT molecular complexity index is 808. The summed E-state index contributed by atoms with van der Waals surface area (Å²) in [6, 6.07) is 7.74. The predicted molar refractivity (Wildman–Crippen MR) is 126 cm³/mol. The molecule has 0 aromatic heterocycles. The molecular weight excluding hydrogens is 442 g/mol. The normalized spacial score (nSPS) is 24.9. The van der Waals surface area contributed by atoms with Crippen molar-refractivity contribution in [1.29, 1.82) is 0 Å². The minimum atomic E-state index is -0.166. The van der Waals surface area contributed by atoms with Crippen LogP contribution < -0.4 is 10.1 Å². The van der Waals surface area contributed by atoms with Crippen LogP contribution in [0.4, 0.5) is 0 Å². The Morgan fingerprint density at radius 1 is 1.30 bits per heavy atom. The number of methoxy groups -OCH3 is 1. The lowest BCUT2D eigenvalue weighted by atomic mass is 9.83. The van der Waals surface area contributed by atoms with E-state index < -0.39 is 0 Å². The first kappa shape index (κ1) is 22.5. The molecule has 0 saturated carbocycles. The van der Waals surface area contributed by atoms with Crippen LogP contribution in [0.2, 0.25) is 0 Å². The Kier molecular flexibility index (Phi) is 7.64. The Morgan fingerprint density at radius 2 is 2.00 bits per heavy atom. The third kappa shape index (κ3) is 5.28. The molecule has 0 aliphatic carbocycles. The third-order valence-corrected chi connectivity index (χ3v) is 6.66. The molecule has 3 rings (SSSR count).